The third kappa shape index (κ3) is 5.09. The maximum atomic E-state index is 13.0. The number of benzene rings is 2. The molecule has 3 rings (SSSR count). The second-order valence-corrected chi connectivity index (χ2v) is 7.35. The van der Waals surface area contributed by atoms with Crippen LogP contribution >= 0.6 is 0 Å². The van der Waals surface area contributed by atoms with E-state index in [1.807, 2.05) is 24.3 Å². The summed E-state index contributed by atoms with van der Waals surface area (Å²) in [5.74, 6) is -0.153. The van der Waals surface area contributed by atoms with Gasteiger partial charge in [0.15, 0.2) is 0 Å². The quantitative estimate of drug-likeness (QED) is 0.847. The van der Waals surface area contributed by atoms with E-state index in [0.717, 1.165) is 24.7 Å². The molecule has 0 unspecified atom stereocenters. The van der Waals surface area contributed by atoms with E-state index in [4.69, 9.17) is 0 Å². The number of halogens is 1. The van der Waals surface area contributed by atoms with Crippen molar-refractivity contribution in [1.82, 2.24) is 0 Å². The molecule has 28 heavy (non-hydrogen) atoms. The highest BCUT2D eigenvalue weighted by Gasteiger charge is 2.18. The molecular weight excluding hydrogens is 357 g/mol. The van der Waals surface area contributed by atoms with Crippen molar-refractivity contribution in [1.29, 1.82) is 0 Å². The number of rotatable bonds is 5. The topological polar surface area (TPSA) is 52.7 Å². The number of carbonyl (C=O) groups is 2. The van der Waals surface area contributed by atoms with E-state index in [-0.39, 0.29) is 24.2 Å². The second-order valence-electron chi connectivity index (χ2n) is 7.35. The first-order chi connectivity index (χ1) is 13.4. The van der Waals surface area contributed by atoms with Gasteiger partial charge in [0, 0.05) is 37.1 Å². The van der Waals surface area contributed by atoms with Crippen molar-refractivity contribution in [3.63, 3.8) is 0 Å². The fourth-order valence-corrected chi connectivity index (χ4v) is 3.37. The van der Waals surface area contributed by atoms with Crippen molar-refractivity contribution in [2.75, 3.05) is 34.8 Å². The summed E-state index contributed by atoms with van der Waals surface area (Å²) in [6, 6.07) is 13.3. The molecule has 0 aromatic heterocycles. The van der Waals surface area contributed by atoms with Gasteiger partial charge in [0.2, 0.25) is 11.8 Å². The standard InChI is InChI=1S/C22H26FN3O2/c1-16-11-13-25(14-12-16)20-7-9-21(10-8-20)26(17(2)27)15-22(28)24-19-5-3-18(23)4-6-19/h3-10,16H,11-15H2,1-2H3,(H,24,28). The number of piperidine rings is 1. The molecule has 1 N–H and O–H groups in total. The molecule has 1 fully saturated rings. The number of hydrogen-bond donors (Lipinski definition) is 1. The molecule has 1 saturated heterocycles. The third-order valence-electron chi connectivity index (χ3n) is 5.12. The summed E-state index contributed by atoms with van der Waals surface area (Å²) >= 11 is 0. The van der Waals surface area contributed by atoms with Crippen LogP contribution in [0.5, 0.6) is 0 Å². The third-order valence-corrected chi connectivity index (χ3v) is 5.12. The summed E-state index contributed by atoms with van der Waals surface area (Å²) in [6.07, 6.45) is 2.37. The van der Waals surface area contributed by atoms with Crippen LogP contribution < -0.4 is 15.1 Å². The van der Waals surface area contributed by atoms with Gasteiger partial charge in [0.05, 0.1) is 0 Å². The number of nitrogens with one attached hydrogen (secondary N) is 1. The SMILES string of the molecule is CC(=O)N(CC(=O)Nc1ccc(F)cc1)c1ccc(N2CCC(C)CC2)cc1. The highest BCUT2D eigenvalue weighted by molar-refractivity contribution is 6.01. The molecule has 0 radical (unpaired) electrons. The van der Waals surface area contributed by atoms with Crippen LogP contribution in [0.3, 0.4) is 0 Å². The summed E-state index contributed by atoms with van der Waals surface area (Å²) in [5, 5.41) is 2.68. The van der Waals surface area contributed by atoms with Gasteiger partial charge in [-0.1, -0.05) is 6.92 Å². The van der Waals surface area contributed by atoms with Crippen LogP contribution in [0.2, 0.25) is 0 Å². The Hall–Kier alpha value is -2.89. The highest BCUT2D eigenvalue weighted by atomic mass is 19.1. The summed E-state index contributed by atoms with van der Waals surface area (Å²) in [7, 11) is 0. The molecule has 0 spiro atoms. The van der Waals surface area contributed by atoms with E-state index >= 15 is 0 Å². The summed E-state index contributed by atoms with van der Waals surface area (Å²) < 4.78 is 13.0. The predicted octanol–water partition coefficient (Wildman–Crippen LogP) is 4.05. The molecule has 2 aromatic rings. The molecule has 0 atom stereocenters. The summed E-state index contributed by atoms with van der Waals surface area (Å²) in [4.78, 5) is 28.2. The molecule has 0 saturated carbocycles. The van der Waals surface area contributed by atoms with Crippen molar-refractivity contribution in [2.24, 2.45) is 5.92 Å². The number of amides is 2. The molecule has 0 bridgehead atoms. The Kier molecular flexibility index (Phi) is 6.29. The van der Waals surface area contributed by atoms with Gasteiger partial charge in [0.1, 0.15) is 12.4 Å². The van der Waals surface area contributed by atoms with Crippen molar-refractivity contribution >= 4 is 28.9 Å². The first-order valence-corrected chi connectivity index (χ1v) is 9.61. The van der Waals surface area contributed by atoms with Gasteiger partial charge in [0.25, 0.3) is 0 Å². The maximum absolute atomic E-state index is 13.0. The monoisotopic (exact) mass is 383 g/mol. The lowest BCUT2D eigenvalue weighted by atomic mass is 9.99. The van der Waals surface area contributed by atoms with Gasteiger partial charge in [-0.2, -0.15) is 0 Å². The number of carbonyl (C=O) groups excluding carboxylic acids is 2. The van der Waals surface area contributed by atoms with Crippen LogP contribution in [0, 0.1) is 11.7 Å². The lowest BCUT2D eigenvalue weighted by Gasteiger charge is -2.32. The Labute approximate surface area is 165 Å². The van der Waals surface area contributed by atoms with Gasteiger partial charge in [-0.25, -0.2) is 4.39 Å². The van der Waals surface area contributed by atoms with Crippen LogP contribution in [-0.2, 0) is 9.59 Å². The Balaban J connectivity index is 1.65. The van der Waals surface area contributed by atoms with Crippen LogP contribution in [0.1, 0.15) is 26.7 Å². The Bertz CT molecular complexity index is 813. The summed E-state index contributed by atoms with van der Waals surface area (Å²) in [6.45, 7) is 5.69. The van der Waals surface area contributed by atoms with E-state index in [9.17, 15) is 14.0 Å². The van der Waals surface area contributed by atoms with Crippen molar-refractivity contribution in [3.8, 4) is 0 Å². The predicted molar refractivity (Wildman–Crippen MR) is 110 cm³/mol. The zero-order valence-corrected chi connectivity index (χ0v) is 16.3. The van der Waals surface area contributed by atoms with E-state index in [1.165, 1.54) is 48.9 Å². The molecule has 6 heteroatoms. The van der Waals surface area contributed by atoms with Crippen LogP contribution in [0.25, 0.3) is 0 Å². The maximum Gasteiger partial charge on any atom is 0.244 e. The second kappa shape index (κ2) is 8.87. The Morgan fingerprint density at radius 2 is 1.68 bits per heavy atom. The Morgan fingerprint density at radius 1 is 1.07 bits per heavy atom. The van der Waals surface area contributed by atoms with Crippen LogP contribution in [0.4, 0.5) is 21.5 Å². The molecule has 1 heterocycles. The fourth-order valence-electron chi connectivity index (χ4n) is 3.37. The first-order valence-electron chi connectivity index (χ1n) is 9.61. The minimum Gasteiger partial charge on any atom is -0.372 e. The lowest BCUT2D eigenvalue weighted by molar-refractivity contribution is -0.120. The normalized spacial score (nSPS) is 14.6. The molecule has 5 nitrogen and oxygen atoms in total. The molecule has 148 valence electrons. The Morgan fingerprint density at radius 3 is 2.25 bits per heavy atom. The fraction of sp³-hybridized carbons (Fsp3) is 0.364. The van der Waals surface area contributed by atoms with Gasteiger partial charge in [-0.15, -0.1) is 0 Å². The van der Waals surface area contributed by atoms with Gasteiger partial charge in [-0.05, 0) is 67.3 Å². The van der Waals surface area contributed by atoms with Crippen molar-refractivity contribution in [2.45, 2.75) is 26.7 Å². The molecular formula is C22H26FN3O2. The van der Waals surface area contributed by atoms with Crippen molar-refractivity contribution in [3.05, 3.63) is 54.3 Å². The smallest absolute Gasteiger partial charge is 0.244 e. The zero-order chi connectivity index (χ0) is 20.1. The molecule has 0 aliphatic carbocycles. The van der Waals surface area contributed by atoms with E-state index in [1.54, 1.807) is 0 Å². The lowest BCUT2D eigenvalue weighted by Crippen LogP contribution is -2.36. The summed E-state index contributed by atoms with van der Waals surface area (Å²) in [5.41, 5.74) is 2.30. The van der Waals surface area contributed by atoms with Gasteiger partial charge in [-0.3, -0.25) is 9.59 Å². The van der Waals surface area contributed by atoms with Gasteiger partial charge >= 0.3 is 0 Å². The largest absolute Gasteiger partial charge is 0.372 e. The highest BCUT2D eigenvalue weighted by Crippen LogP contribution is 2.25. The molecule has 1 aliphatic rings. The zero-order valence-electron chi connectivity index (χ0n) is 16.3. The minimum atomic E-state index is -0.369. The first kappa shape index (κ1) is 19.9. The van der Waals surface area contributed by atoms with Crippen LogP contribution in [0.15, 0.2) is 48.5 Å². The molecule has 2 amide bonds. The van der Waals surface area contributed by atoms with Crippen LogP contribution in [-0.4, -0.2) is 31.4 Å². The van der Waals surface area contributed by atoms with E-state index in [0.29, 0.717) is 11.4 Å². The van der Waals surface area contributed by atoms with E-state index < -0.39 is 0 Å². The molecule has 1 aliphatic heterocycles. The number of nitrogens with zero attached hydrogens (tertiary/aromatic N) is 2. The van der Waals surface area contributed by atoms with Gasteiger partial charge < -0.3 is 15.1 Å². The number of anilines is 3. The van der Waals surface area contributed by atoms with Crippen molar-refractivity contribution < 1.29 is 14.0 Å². The minimum absolute atomic E-state index is 0.104. The average molecular weight is 383 g/mol. The average Bonchev–Trinajstić information content (AvgIpc) is 2.68. The van der Waals surface area contributed by atoms with E-state index in [2.05, 4.69) is 17.1 Å². The molecule has 2 aromatic carbocycles. The number of hydrogen-bond acceptors (Lipinski definition) is 3.